The molecule has 0 heterocycles. The van der Waals surface area contributed by atoms with Gasteiger partial charge in [0.15, 0.2) is 0 Å². The molecule has 0 spiro atoms. The van der Waals surface area contributed by atoms with E-state index >= 15 is 0 Å². The van der Waals surface area contributed by atoms with E-state index in [4.69, 9.17) is 25.3 Å². The van der Waals surface area contributed by atoms with E-state index in [2.05, 4.69) is 124 Å². The van der Waals surface area contributed by atoms with Crippen molar-refractivity contribution in [1.82, 2.24) is 0 Å². The Labute approximate surface area is 267 Å². The van der Waals surface area contributed by atoms with Crippen molar-refractivity contribution >= 4 is 37.9 Å². The van der Waals surface area contributed by atoms with Crippen molar-refractivity contribution in [1.29, 1.82) is 0 Å². The van der Waals surface area contributed by atoms with Crippen LogP contribution in [0.1, 0.15) is 72.8 Å². The van der Waals surface area contributed by atoms with Crippen LogP contribution in [0, 0.1) is 6.92 Å². The Morgan fingerprint density at radius 3 is 1.55 bits per heavy atom. The summed E-state index contributed by atoms with van der Waals surface area (Å²) in [5.41, 5.74) is 10.5. The molecule has 1 unspecified atom stereocenters. The van der Waals surface area contributed by atoms with Crippen LogP contribution in [0.5, 0.6) is 0 Å². The molecule has 1 fully saturated rings. The van der Waals surface area contributed by atoms with Crippen molar-refractivity contribution in [3.63, 3.8) is 0 Å². The number of benzene rings is 5. The van der Waals surface area contributed by atoms with E-state index in [0.717, 1.165) is 25.8 Å². The summed E-state index contributed by atoms with van der Waals surface area (Å²) in [6, 6.07) is 39.9. The summed E-state index contributed by atoms with van der Waals surface area (Å²) in [7, 11) is 0. The third-order valence-electron chi connectivity index (χ3n) is 9.22. The Bertz CT molecular complexity index is 1580. The maximum atomic E-state index is 5.08. The van der Waals surface area contributed by atoms with Gasteiger partial charge in [0, 0.05) is 20.1 Å². The fourth-order valence-corrected chi connectivity index (χ4v) is 7.49. The molecule has 0 nitrogen and oxygen atoms in total. The Hall–Kier alpha value is -2.85. The van der Waals surface area contributed by atoms with E-state index in [1.165, 1.54) is 71.0 Å². The first-order valence-electron chi connectivity index (χ1n) is 15.0. The minimum absolute atomic E-state index is 0.487. The summed E-state index contributed by atoms with van der Waals surface area (Å²) >= 11 is 14.7. The molecule has 42 heavy (non-hydrogen) atoms. The molecule has 1 saturated carbocycles. The third-order valence-corrected chi connectivity index (χ3v) is 10.3. The molecule has 5 aromatic rings. The second-order valence-corrected chi connectivity index (χ2v) is 13.4. The van der Waals surface area contributed by atoms with Crippen molar-refractivity contribution in [2.45, 2.75) is 72.0 Å². The highest BCUT2D eigenvalue weighted by molar-refractivity contribution is 7.80. The average Bonchev–Trinajstić information content (AvgIpc) is 3.02. The minimum atomic E-state index is -0.487. The van der Waals surface area contributed by atoms with E-state index in [-0.39, 0.29) is 0 Å². The predicted octanol–water partition coefficient (Wildman–Crippen LogP) is 11.6. The van der Waals surface area contributed by atoms with Crippen LogP contribution in [0.4, 0.5) is 0 Å². The van der Waals surface area contributed by atoms with Gasteiger partial charge in [-0.25, -0.2) is 0 Å². The molecule has 0 amide bonds. The van der Waals surface area contributed by atoms with Crippen molar-refractivity contribution in [2.24, 2.45) is 0 Å². The minimum Gasteiger partial charge on any atom is -0.143 e. The van der Waals surface area contributed by atoms with Crippen LogP contribution in [0.15, 0.2) is 124 Å². The van der Waals surface area contributed by atoms with Crippen LogP contribution in [0.3, 0.4) is 0 Å². The van der Waals surface area contributed by atoms with Crippen LogP contribution in [0.2, 0.25) is 0 Å². The first-order valence-corrected chi connectivity index (χ1v) is 16.3. The number of thiol groups is 3. The normalized spacial score (nSPS) is 15.4. The zero-order valence-electron chi connectivity index (χ0n) is 24.3. The zero-order valence-corrected chi connectivity index (χ0v) is 27.0. The van der Waals surface area contributed by atoms with Gasteiger partial charge < -0.3 is 0 Å². The first kappa shape index (κ1) is 29.2. The largest absolute Gasteiger partial charge is 0.143 e. The number of aryl methyl sites for hydroxylation is 1. The maximum absolute atomic E-state index is 5.08. The molecule has 0 saturated heterocycles. The molecule has 0 aliphatic heterocycles. The molecule has 1 aliphatic carbocycles. The molecule has 0 aromatic heterocycles. The van der Waals surface area contributed by atoms with Gasteiger partial charge in [0.1, 0.15) is 0 Å². The van der Waals surface area contributed by atoms with Crippen LogP contribution in [-0.2, 0) is 5.41 Å². The molecular weight excluding hydrogens is 565 g/mol. The van der Waals surface area contributed by atoms with Gasteiger partial charge in [-0.05, 0) is 114 Å². The summed E-state index contributed by atoms with van der Waals surface area (Å²) in [6.07, 6.45) is 6.63. The lowest BCUT2D eigenvalue weighted by atomic mass is 9.69. The van der Waals surface area contributed by atoms with Gasteiger partial charge in [0.25, 0.3) is 0 Å². The van der Waals surface area contributed by atoms with Crippen molar-refractivity contribution in [3.05, 3.63) is 137 Å². The second kappa shape index (κ2) is 12.4. The van der Waals surface area contributed by atoms with E-state index in [1.807, 2.05) is 12.1 Å². The van der Waals surface area contributed by atoms with Gasteiger partial charge in [-0.3, -0.25) is 0 Å². The van der Waals surface area contributed by atoms with Gasteiger partial charge in [-0.2, -0.15) is 0 Å². The Kier molecular flexibility index (Phi) is 8.63. The summed E-state index contributed by atoms with van der Waals surface area (Å²) < 4.78 is 0. The van der Waals surface area contributed by atoms with Crippen LogP contribution in [0.25, 0.3) is 22.3 Å². The molecule has 5 aromatic carbocycles. The van der Waals surface area contributed by atoms with Crippen LogP contribution in [-0.4, -0.2) is 0 Å². The van der Waals surface area contributed by atoms with Crippen molar-refractivity contribution in [2.75, 3.05) is 0 Å². The van der Waals surface area contributed by atoms with Gasteiger partial charge in [-0.15, -0.1) is 37.9 Å². The van der Waals surface area contributed by atoms with Gasteiger partial charge in [0.2, 0.25) is 0 Å². The predicted molar refractivity (Wildman–Crippen MR) is 188 cm³/mol. The van der Waals surface area contributed by atoms with Gasteiger partial charge in [0.05, 0.1) is 0 Å². The van der Waals surface area contributed by atoms with Crippen LogP contribution < -0.4 is 0 Å². The lowest BCUT2D eigenvalue weighted by Gasteiger charge is -2.35. The maximum Gasteiger partial charge on any atom is 0.0445 e. The Morgan fingerprint density at radius 1 is 0.548 bits per heavy atom. The zero-order chi connectivity index (χ0) is 29.3. The highest BCUT2D eigenvalue weighted by atomic mass is 32.1. The fourth-order valence-electron chi connectivity index (χ4n) is 6.61. The van der Waals surface area contributed by atoms with Gasteiger partial charge in [-0.1, -0.05) is 97.6 Å². The second-order valence-electron chi connectivity index (χ2n) is 12.0. The van der Waals surface area contributed by atoms with Crippen molar-refractivity contribution in [3.8, 4) is 22.3 Å². The van der Waals surface area contributed by atoms with Gasteiger partial charge >= 0.3 is 0 Å². The van der Waals surface area contributed by atoms with Crippen LogP contribution >= 0.6 is 37.9 Å². The number of rotatable bonds is 6. The smallest absolute Gasteiger partial charge is 0.0445 e. The summed E-state index contributed by atoms with van der Waals surface area (Å²) in [5.74, 6) is 0.669. The lowest BCUT2D eigenvalue weighted by molar-refractivity contribution is 0.443. The molecule has 3 heteroatoms. The standard InChI is InChI=1S/C39H38S3/c1-26-8-10-29(11-9-26)31-16-22-37(41)35(24-31)39(2,33-18-12-28(13-19-33)27-6-4-3-5-7-27)36-25-32(17-23-38(36)42)30-14-20-34(40)21-15-30/h8-25,27,40-42H,3-7H2,1-2H3. The average molecular weight is 603 g/mol. The molecule has 1 atom stereocenters. The highest BCUT2D eigenvalue weighted by Gasteiger charge is 2.35. The van der Waals surface area contributed by atoms with E-state index in [1.54, 1.807) is 0 Å². The Morgan fingerprint density at radius 2 is 1.02 bits per heavy atom. The fraction of sp³-hybridized carbons (Fsp3) is 0.231. The third kappa shape index (κ3) is 5.84. The topological polar surface area (TPSA) is 0 Å². The molecule has 1 aliphatic rings. The quantitative estimate of drug-likeness (QED) is 0.125. The molecule has 212 valence electrons. The molecule has 0 N–H and O–H groups in total. The summed E-state index contributed by atoms with van der Waals surface area (Å²) in [4.78, 5) is 2.90. The first-order chi connectivity index (χ1) is 20.3. The Balaban J connectivity index is 1.54. The number of hydrogen-bond acceptors (Lipinski definition) is 3. The summed E-state index contributed by atoms with van der Waals surface area (Å²) in [5, 5.41) is 0. The van der Waals surface area contributed by atoms with E-state index < -0.39 is 5.41 Å². The lowest BCUT2D eigenvalue weighted by Crippen LogP contribution is -2.27. The summed E-state index contributed by atoms with van der Waals surface area (Å²) in [6.45, 7) is 4.47. The van der Waals surface area contributed by atoms with Crippen molar-refractivity contribution < 1.29 is 0 Å². The van der Waals surface area contributed by atoms with E-state index in [0.29, 0.717) is 5.92 Å². The van der Waals surface area contributed by atoms with E-state index in [9.17, 15) is 0 Å². The molecule has 0 radical (unpaired) electrons. The SMILES string of the molecule is Cc1ccc(-c2ccc(S)c(C(C)(c3ccc(C4CCCCC4)cc3)c3cc(-c4ccc(S)cc4)ccc3S)c2)cc1. The molecule has 0 bridgehead atoms. The number of hydrogen-bond donors (Lipinski definition) is 3. The molecular formula is C39H38S3. The monoisotopic (exact) mass is 602 g/mol. The highest BCUT2D eigenvalue weighted by Crippen LogP contribution is 2.46. The molecule has 6 rings (SSSR count).